The fourth-order valence-corrected chi connectivity index (χ4v) is 3.04. The Kier molecular flexibility index (Phi) is 4.24. The maximum Gasteiger partial charge on any atom is 0.351 e. The summed E-state index contributed by atoms with van der Waals surface area (Å²) in [7, 11) is 0. The number of ketones is 1. The van der Waals surface area contributed by atoms with Gasteiger partial charge in [0.15, 0.2) is 23.9 Å². The van der Waals surface area contributed by atoms with Crippen molar-refractivity contribution in [2.45, 2.75) is 25.6 Å². The topological polar surface area (TPSA) is 71.1 Å². The highest BCUT2D eigenvalue weighted by atomic mass is 16.6. The fourth-order valence-electron chi connectivity index (χ4n) is 3.04. The summed E-state index contributed by atoms with van der Waals surface area (Å²) in [6, 6.07) is 12.4. The highest BCUT2D eigenvalue weighted by Crippen LogP contribution is 2.33. The maximum atomic E-state index is 12.3. The number of carbonyl (C=O) groups is 2. The van der Waals surface area contributed by atoms with Crippen LogP contribution in [0.4, 0.5) is 0 Å². The molecule has 0 aliphatic carbocycles. The molecule has 6 nitrogen and oxygen atoms in total. The number of ether oxygens (including phenoxy) is 4. The highest BCUT2D eigenvalue weighted by Gasteiger charge is 2.35. The molecule has 0 amide bonds. The van der Waals surface area contributed by atoms with Crippen molar-refractivity contribution in [2.75, 3.05) is 13.2 Å². The van der Waals surface area contributed by atoms with E-state index in [1.165, 1.54) is 0 Å². The second-order valence-corrected chi connectivity index (χ2v) is 6.26. The normalized spacial score (nSPS) is 20.0. The highest BCUT2D eigenvalue weighted by molar-refractivity contribution is 5.98. The van der Waals surface area contributed by atoms with Crippen LogP contribution in [-0.4, -0.2) is 37.2 Å². The average Bonchev–Trinajstić information content (AvgIpc) is 3.13. The minimum Gasteiger partial charge on any atom is -0.493 e. The molecule has 2 aliphatic rings. The Morgan fingerprint density at radius 1 is 1.08 bits per heavy atom. The lowest BCUT2D eigenvalue weighted by molar-refractivity contribution is -0.156. The van der Waals surface area contributed by atoms with Gasteiger partial charge in [-0.3, -0.25) is 4.79 Å². The number of hydrogen-bond donors (Lipinski definition) is 0. The lowest BCUT2D eigenvalue weighted by Gasteiger charge is -2.30. The van der Waals surface area contributed by atoms with Crippen LogP contribution in [0.15, 0.2) is 42.5 Å². The molecule has 2 aromatic rings. The SMILES string of the molecule is CC1Oc2ccccc2OC1C(=O)OCC(=O)c1ccc2c(c1)CCO2. The van der Waals surface area contributed by atoms with E-state index < -0.39 is 18.2 Å². The molecule has 0 spiro atoms. The first-order valence-corrected chi connectivity index (χ1v) is 8.50. The molecule has 4 rings (SSSR count). The maximum absolute atomic E-state index is 12.3. The lowest BCUT2D eigenvalue weighted by atomic mass is 10.1. The summed E-state index contributed by atoms with van der Waals surface area (Å²) >= 11 is 0. The molecule has 2 aromatic carbocycles. The Balaban J connectivity index is 1.39. The van der Waals surface area contributed by atoms with E-state index in [0.717, 1.165) is 17.7 Å². The van der Waals surface area contributed by atoms with E-state index in [1.54, 1.807) is 43.3 Å². The van der Waals surface area contributed by atoms with E-state index in [-0.39, 0.29) is 12.4 Å². The number of fused-ring (bicyclic) bond motifs is 2. The summed E-state index contributed by atoms with van der Waals surface area (Å²) < 4.78 is 22.0. The minimum absolute atomic E-state index is 0.266. The summed E-state index contributed by atoms with van der Waals surface area (Å²) in [5, 5.41) is 0. The van der Waals surface area contributed by atoms with Crippen molar-refractivity contribution in [1.82, 2.24) is 0 Å². The summed E-state index contributed by atoms with van der Waals surface area (Å²) in [5.41, 5.74) is 1.50. The summed E-state index contributed by atoms with van der Waals surface area (Å²) in [6.45, 7) is 2.01. The van der Waals surface area contributed by atoms with Crippen LogP contribution in [0.1, 0.15) is 22.8 Å². The molecular formula is C20H18O6. The first-order chi connectivity index (χ1) is 12.6. The standard InChI is InChI=1S/C20H18O6/c1-12-19(26-18-5-3-2-4-17(18)25-12)20(22)24-11-15(21)13-6-7-16-14(10-13)8-9-23-16/h2-7,10,12,19H,8-9,11H2,1H3. The van der Waals surface area contributed by atoms with Crippen molar-refractivity contribution in [3.05, 3.63) is 53.6 Å². The molecule has 2 atom stereocenters. The van der Waals surface area contributed by atoms with Gasteiger partial charge in [-0.15, -0.1) is 0 Å². The number of benzene rings is 2. The Labute approximate surface area is 150 Å². The summed E-state index contributed by atoms with van der Waals surface area (Å²) in [6.07, 6.45) is -0.642. The molecule has 0 radical (unpaired) electrons. The van der Waals surface area contributed by atoms with Gasteiger partial charge in [-0.25, -0.2) is 4.79 Å². The van der Waals surface area contributed by atoms with Gasteiger partial charge in [0.1, 0.15) is 11.9 Å². The number of carbonyl (C=O) groups excluding carboxylic acids is 2. The molecule has 2 aliphatic heterocycles. The third kappa shape index (κ3) is 3.10. The third-order valence-electron chi connectivity index (χ3n) is 4.43. The van der Waals surface area contributed by atoms with Crippen molar-refractivity contribution < 1.29 is 28.5 Å². The van der Waals surface area contributed by atoms with Gasteiger partial charge in [0.05, 0.1) is 6.61 Å². The molecule has 0 bridgehead atoms. The molecule has 134 valence electrons. The predicted octanol–water partition coefficient (Wildman–Crippen LogP) is 2.58. The van der Waals surface area contributed by atoms with Crippen LogP contribution in [0.5, 0.6) is 17.2 Å². The molecule has 2 heterocycles. The van der Waals surface area contributed by atoms with Gasteiger partial charge < -0.3 is 18.9 Å². The number of rotatable bonds is 4. The van der Waals surface area contributed by atoms with Crippen LogP contribution in [0, 0.1) is 0 Å². The number of Topliss-reactive ketones (excluding diaryl/α,β-unsaturated/α-hetero) is 1. The molecule has 0 fully saturated rings. The zero-order valence-corrected chi connectivity index (χ0v) is 14.3. The van der Waals surface area contributed by atoms with Crippen molar-refractivity contribution in [1.29, 1.82) is 0 Å². The van der Waals surface area contributed by atoms with Gasteiger partial charge in [0.25, 0.3) is 0 Å². The number of para-hydroxylation sites is 2. The molecule has 0 saturated carbocycles. The Morgan fingerprint density at radius 3 is 2.65 bits per heavy atom. The van der Waals surface area contributed by atoms with Gasteiger partial charge in [0, 0.05) is 12.0 Å². The fraction of sp³-hybridized carbons (Fsp3) is 0.300. The number of esters is 1. The zero-order valence-electron chi connectivity index (χ0n) is 14.3. The van der Waals surface area contributed by atoms with Crippen molar-refractivity contribution in [3.63, 3.8) is 0 Å². The molecule has 26 heavy (non-hydrogen) atoms. The summed E-state index contributed by atoms with van der Waals surface area (Å²) in [5.74, 6) is 0.986. The third-order valence-corrected chi connectivity index (χ3v) is 4.43. The molecule has 0 N–H and O–H groups in total. The van der Waals surface area contributed by atoms with Gasteiger partial charge in [-0.1, -0.05) is 12.1 Å². The Bertz CT molecular complexity index is 859. The van der Waals surface area contributed by atoms with Crippen LogP contribution in [-0.2, 0) is 16.0 Å². The van der Waals surface area contributed by atoms with Crippen LogP contribution in [0.25, 0.3) is 0 Å². The van der Waals surface area contributed by atoms with Gasteiger partial charge >= 0.3 is 5.97 Å². The minimum atomic E-state index is -0.911. The van der Waals surface area contributed by atoms with E-state index in [4.69, 9.17) is 18.9 Å². The van der Waals surface area contributed by atoms with E-state index in [2.05, 4.69) is 0 Å². The second-order valence-electron chi connectivity index (χ2n) is 6.26. The van der Waals surface area contributed by atoms with Crippen molar-refractivity contribution in [2.24, 2.45) is 0 Å². The zero-order chi connectivity index (χ0) is 18.1. The molecule has 2 unspecified atom stereocenters. The van der Waals surface area contributed by atoms with Crippen LogP contribution in [0.3, 0.4) is 0 Å². The molecule has 6 heteroatoms. The smallest absolute Gasteiger partial charge is 0.351 e. The second kappa shape index (κ2) is 6.71. The summed E-state index contributed by atoms with van der Waals surface area (Å²) in [4.78, 5) is 24.7. The van der Waals surface area contributed by atoms with E-state index in [9.17, 15) is 9.59 Å². The molecular weight excluding hydrogens is 336 g/mol. The van der Waals surface area contributed by atoms with Crippen molar-refractivity contribution >= 4 is 11.8 Å². The van der Waals surface area contributed by atoms with Crippen LogP contribution < -0.4 is 14.2 Å². The largest absolute Gasteiger partial charge is 0.493 e. The molecule has 0 saturated heterocycles. The first kappa shape index (κ1) is 16.4. The average molecular weight is 354 g/mol. The first-order valence-electron chi connectivity index (χ1n) is 8.50. The van der Waals surface area contributed by atoms with Crippen LogP contribution in [0.2, 0.25) is 0 Å². The lowest BCUT2D eigenvalue weighted by Crippen LogP contribution is -2.44. The predicted molar refractivity (Wildman–Crippen MR) is 91.9 cm³/mol. The Hall–Kier alpha value is -3.02. The van der Waals surface area contributed by atoms with E-state index in [1.807, 2.05) is 6.07 Å². The van der Waals surface area contributed by atoms with Gasteiger partial charge in [-0.2, -0.15) is 0 Å². The van der Waals surface area contributed by atoms with Crippen LogP contribution >= 0.6 is 0 Å². The van der Waals surface area contributed by atoms with Gasteiger partial charge in [0.2, 0.25) is 6.10 Å². The monoisotopic (exact) mass is 354 g/mol. The van der Waals surface area contributed by atoms with Gasteiger partial charge in [-0.05, 0) is 42.8 Å². The Morgan fingerprint density at radius 2 is 1.85 bits per heavy atom. The van der Waals surface area contributed by atoms with Crippen molar-refractivity contribution in [3.8, 4) is 17.2 Å². The molecule has 0 aromatic heterocycles. The van der Waals surface area contributed by atoms with E-state index in [0.29, 0.717) is 23.7 Å². The quantitative estimate of drug-likeness (QED) is 0.621. The van der Waals surface area contributed by atoms with E-state index >= 15 is 0 Å². The number of hydrogen-bond acceptors (Lipinski definition) is 6.